The van der Waals surface area contributed by atoms with Gasteiger partial charge >= 0.3 is 0 Å². The molecule has 0 radical (unpaired) electrons. The SMILES string of the molecule is CC(C)(O)[C@]1(C)c2ccccc2CC[NH+]1Cc1ccccc1. The lowest BCUT2D eigenvalue weighted by Crippen LogP contribution is -3.20. The van der Waals surface area contributed by atoms with E-state index in [1.54, 1.807) is 0 Å². The van der Waals surface area contributed by atoms with E-state index < -0.39 is 5.60 Å². The van der Waals surface area contributed by atoms with Crippen LogP contribution in [-0.4, -0.2) is 17.3 Å². The van der Waals surface area contributed by atoms with Crippen LogP contribution in [-0.2, 0) is 18.5 Å². The molecule has 2 atom stereocenters. The van der Waals surface area contributed by atoms with Crippen molar-refractivity contribution in [3.63, 3.8) is 0 Å². The fraction of sp³-hybridized carbons (Fsp3) is 0.400. The Morgan fingerprint density at radius 2 is 1.68 bits per heavy atom. The van der Waals surface area contributed by atoms with Crippen molar-refractivity contribution in [3.8, 4) is 0 Å². The van der Waals surface area contributed by atoms with Crippen molar-refractivity contribution in [2.24, 2.45) is 0 Å². The molecule has 2 aromatic rings. The van der Waals surface area contributed by atoms with Crippen LogP contribution >= 0.6 is 0 Å². The minimum atomic E-state index is -0.784. The number of hydrogen-bond acceptors (Lipinski definition) is 1. The molecule has 2 nitrogen and oxygen atoms in total. The molecule has 3 rings (SSSR count). The maximum absolute atomic E-state index is 11.0. The van der Waals surface area contributed by atoms with Crippen LogP contribution in [0.4, 0.5) is 0 Å². The van der Waals surface area contributed by atoms with Gasteiger partial charge in [-0.15, -0.1) is 0 Å². The van der Waals surface area contributed by atoms with Crippen molar-refractivity contribution < 1.29 is 10.0 Å². The predicted octanol–water partition coefficient (Wildman–Crippen LogP) is 2.31. The lowest BCUT2D eigenvalue weighted by molar-refractivity contribution is -0.982. The van der Waals surface area contributed by atoms with Gasteiger partial charge in [-0.1, -0.05) is 54.6 Å². The van der Waals surface area contributed by atoms with Gasteiger partial charge in [0.1, 0.15) is 17.7 Å². The van der Waals surface area contributed by atoms with Crippen LogP contribution in [0.25, 0.3) is 0 Å². The minimum absolute atomic E-state index is 0.308. The Morgan fingerprint density at radius 3 is 2.36 bits per heavy atom. The Balaban J connectivity index is 2.04. The number of benzene rings is 2. The monoisotopic (exact) mass is 296 g/mol. The van der Waals surface area contributed by atoms with Gasteiger partial charge in [0.15, 0.2) is 0 Å². The lowest BCUT2D eigenvalue weighted by Gasteiger charge is -2.49. The van der Waals surface area contributed by atoms with E-state index in [0.717, 1.165) is 19.5 Å². The smallest absolute Gasteiger partial charge is 0.149 e. The molecule has 0 amide bonds. The molecule has 0 spiro atoms. The Hall–Kier alpha value is -1.64. The van der Waals surface area contributed by atoms with E-state index >= 15 is 0 Å². The highest BCUT2D eigenvalue weighted by Gasteiger charge is 2.52. The average molecular weight is 296 g/mol. The van der Waals surface area contributed by atoms with E-state index in [4.69, 9.17) is 0 Å². The molecule has 0 fully saturated rings. The second kappa shape index (κ2) is 5.53. The minimum Gasteiger partial charge on any atom is -0.384 e. The third kappa shape index (κ3) is 2.47. The van der Waals surface area contributed by atoms with Crippen molar-refractivity contribution in [1.82, 2.24) is 0 Å². The Bertz CT molecular complexity index is 644. The number of hydrogen-bond donors (Lipinski definition) is 2. The van der Waals surface area contributed by atoms with Crippen LogP contribution in [0.2, 0.25) is 0 Å². The quantitative estimate of drug-likeness (QED) is 0.892. The summed E-state index contributed by atoms with van der Waals surface area (Å²) >= 11 is 0. The van der Waals surface area contributed by atoms with E-state index in [1.807, 2.05) is 13.8 Å². The van der Waals surface area contributed by atoms with Gasteiger partial charge in [-0.05, 0) is 26.3 Å². The van der Waals surface area contributed by atoms with Crippen LogP contribution in [0, 0.1) is 0 Å². The van der Waals surface area contributed by atoms with Crippen molar-refractivity contribution in [1.29, 1.82) is 0 Å². The Kier molecular flexibility index (Phi) is 3.84. The molecule has 0 bridgehead atoms. The largest absolute Gasteiger partial charge is 0.384 e. The van der Waals surface area contributed by atoms with Crippen molar-refractivity contribution >= 4 is 0 Å². The number of quaternary nitrogens is 1. The fourth-order valence-electron chi connectivity index (χ4n) is 3.82. The zero-order valence-electron chi connectivity index (χ0n) is 13.8. The van der Waals surface area contributed by atoms with E-state index in [9.17, 15) is 5.11 Å². The van der Waals surface area contributed by atoms with Crippen LogP contribution < -0.4 is 4.90 Å². The molecule has 1 unspecified atom stereocenters. The number of nitrogens with one attached hydrogen (secondary N) is 1. The third-order valence-corrected chi connectivity index (χ3v) is 5.44. The summed E-state index contributed by atoms with van der Waals surface area (Å²) in [5, 5.41) is 11.0. The molecule has 2 N–H and O–H groups in total. The first-order valence-electron chi connectivity index (χ1n) is 8.13. The van der Waals surface area contributed by atoms with E-state index in [0.29, 0.717) is 0 Å². The van der Waals surface area contributed by atoms with E-state index in [2.05, 4.69) is 61.5 Å². The van der Waals surface area contributed by atoms with Gasteiger partial charge in [0.2, 0.25) is 0 Å². The van der Waals surface area contributed by atoms with Crippen LogP contribution in [0.1, 0.15) is 37.5 Å². The highest BCUT2D eigenvalue weighted by atomic mass is 16.3. The summed E-state index contributed by atoms with van der Waals surface area (Å²) in [5.74, 6) is 0. The second-order valence-electron chi connectivity index (χ2n) is 7.11. The van der Waals surface area contributed by atoms with Crippen LogP contribution in [0.3, 0.4) is 0 Å². The van der Waals surface area contributed by atoms with Gasteiger partial charge in [-0.3, -0.25) is 0 Å². The van der Waals surface area contributed by atoms with Gasteiger partial charge in [-0.2, -0.15) is 0 Å². The number of aliphatic hydroxyl groups is 1. The van der Waals surface area contributed by atoms with E-state index in [-0.39, 0.29) is 5.54 Å². The molecule has 0 aliphatic carbocycles. The zero-order valence-corrected chi connectivity index (χ0v) is 13.8. The molecule has 2 heteroatoms. The first-order valence-corrected chi connectivity index (χ1v) is 8.13. The van der Waals surface area contributed by atoms with Crippen molar-refractivity contribution in [2.45, 2.75) is 44.9 Å². The molecule has 22 heavy (non-hydrogen) atoms. The third-order valence-electron chi connectivity index (χ3n) is 5.44. The number of fused-ring (bicyclic) bond motifs is 1. The normalized spacial score (nSPS) is 24.8. The summed E-state index contributed by atoms with van der Waals surface area (Å²) in [7, 11) is 0. The second-order valence-corrected chi connectivity index (χ2v) is 7.11. The molecule has 1 aliphatic rings. The predicted molar refractivity (Wildman–Crippen MR) is 89.8 cm³/mol. The van der Waals surface area contributed by atoms with Crippen LogP contribution in [0.15, 0.2) is 54.6 Å². The standard InChI is InChI=1S/C20H25NO/c1-19(2,22)20(3)18-12-8-7-11-17(18)13-14-21(20)15-16-9-5-4-6-10-16/h4-12,22H,13-15H2,1-3H3/p+1/t20-/m0/s1. The summed E-state index contributed by atoms with van der Waals surface area (Å²) in [4.78, 5) is 1.44. The summed E-state index contributed by atoms with van der Waals surface area (Å²) in [6.07, 6.45) is 1.07. The molecule has 0 saturated heterocycles. The summed E-state index contributed by atoms with van der Waals surface area (Å²) < 4.78 is 0. The molecule has 116 valence electrons. The maximum atomic E-state index is 11.0. The Labute approximate surface area is 133 Å². The molecular weight excluding hydrogens is 270 g/mol. The van der Waals surface area contributed by atoms with Gasteiger partial charge < -0.3 is 10.0 Å². The lowest BCUT2D eigenvalue weighted by atomic mass is 9.72. The molecule has 0 saturated carbocycles. The van der Waals surface area contributed by atoms with Gasteiger partial charge in [0, 0.05) is 17.5 Å². The highest BCUT2D eigenvalue weighted by molar-refractivity contribution is 5.35. The maximum Gasteiger partial charge on any atom is 0.149 e. The Morgan fingerprint density at radius 1 is 1.05 bits per heavy atom. The summed E-state index contributed by atoms with van der Waals surface area (Å²) in [5.41, 5.74) is 2.90. The van der Waals surface area contributed by atoms with E-state index in [1.165, 1.54) is 21.6 Å². The molecular formula is C20H26NO+. The number of rotatable bonds is 3. The van der Waals surface area contributed by atoms with Gasteiger partial charge in [0.05, 0.1) is 6.54 Å². The fourth-order valence-corrected chi connectivity index (χ4v) is 3.82. The van der Waals surface area contributed by atoms with Crippen molar-refractivity contribution in [3.05, 3.63) is 71.3 Å². The first kappa shape index (κ1) is 15.3. The van der Waals surface area contributed by atoms with Crippen molar-refractivity contribution in [2.75, 3.05) is 6.54 Å². The average Bonchev–Trinajstić information content (AvgIpc) is 2.50. The van der Waals surface area contributed by atoms with Gasteiger partial charge in [0.25, 0.3) is 0 Å². The molecule has 1 aliphatic heterocycles. The summed E-state index contributed by atoms with van der Waals surface area (Å²) in [6.45, 7) is 8.09. The summed E-state index contributed by atoms with van der Waals surface area (Å²) in [6, 6.07) is 19.2. The highest BCUT2D eigenvalue weighted by Crippen LogP contribution is 2.34. The van der Waals surface area contributed by atoms with Gasteiger partial charge in [-0.25, -0.2) is 0 Å². The molecule has 0 aromatic heterocycles. The zero-order chi connectivity index (χ0) is 15.8. The molecule has 1 heterocycles. The first-order chi connectivity index (χ1) is 10.4. The topological polar surface area (TPSA) is 24.7 Å². The van der Waals surface area contributed by atoms with Crippen LogP contribution in [0.5, 0.6) is 0 Å². The molecule has 2 aromatic carbocycles.